The summed E-state index contributed by atoms with van der Waals surface area (Å²) in [4.78, 5) is 72.0. The van der Waals surface area contributed by atoms with Crippen molar-refractivity contribution < 1.29 is 33.5 Å². The molecule has 1 unspecified atom stereocenters. The van der Waals surface area contributed by atoms with E-state index in [0.29, 0.717) is 31.5 Å². The monoisotopic (exact) mass is 596 g/mol. The van der Waals surface area contributed by atoms with E-state index in [2.05, 4.69) is 26.6 Å². The highest BCUT2D eigenvalue weighted by Crippen LogP contribution is 2.13. The Labute approximate surface area is 245 Å². The molecule has 2 atom stereocenters. The van der Waals surface area contributed by atoms with E-state index < -0.39 is 35.9 Å². The van der Waals surface area contributed by atoms with E-state index in [4.69, 9.17) is 22.1 Å². The zero-order chi connectivity index (χ0) is 30.8. The highest BCUT2D eigenvalue weighted by Gasteiger charge is 2.28. The Morgan fingerprint density at radius 2 is 1.54 bits per heavy atom. The molecular formula is C27H41ClN6O7. The van der Waals surface area contributed by atoms with E-state index in [1.54, 1.807) is 38.1 Å². The van der Waals surface area contributed by atoms with Crippen LogP contribution in [0.5, 0.6) is 0 Å². The van der Waals surface area contributed by atoms with Crippen LogP contribution in [0.1, 0.15) is 58.4 Å². The van der Waals surface area contributed by atoms with Gasteiger partial charge in [-0.05, 0) is 49.3 Å². The Hall–Kier alpha value is -3.87. The lowest BCUT2D eigenvalue weighted by Gasteiger charge is -2.25. The molecule has 0 fully saturated rings. The quantitative estimate of drug-likeness (QED) is 0.0833. The number of halogens is 1. The second-order valence-electron chi connectivity index (χ2n) is 9.69. The number of ether oxygens (including phenoxy) is 1. The van der Waals surface area contributed by atoms with Gasteiger partial charge in [0.1, 0.15) is 24.6 Å². The molecule has 1 rings (SSSR count). The van der Waals surface area contributed by atoms with E-state index in [-0.39, 0.29) is 49.6 Å². The predicted octanol–water partition coefficient (Wildman–Crippen LogP) is 1.29. The number of carbonyl (C=O) groups is 6. The minimum Gasteiger partial charge on any atom is -0.461 e. The largest absolute Gasteiger partial charge is 0.461 e. The number of hydrogen-bond acceptors (Lipinski definition) is 7. The van der Waals surface area contributed by atoms with Crippen LogP contribution in [0.3, 0.4) is 0 Å². The van der Waals surface area contributed by atoms with Gasteiger partial charge in [-0.3, -0.25) is 24.0 Å². The fraction of sp³-hybridized carbons (Fsp3) is 0.556. The van der Waals surface area contributed by atoms with Gasteiger partial charge in [0, 0.05) is 32.1 Å². The Morgan fingerprint density at radius 3 is 2.12 bits per heavy atom. The molecule has 0 aromatic heterocycles. The van der Waals surface area contributed by atoms with Crippen LogP contribution in [0.25, 0.3) is 0 Å². The number of alkyl halides is 1. The smallest absolute Gasteiger partial charge is 0.312 e. The molecule has 0 heterocycles. The molecule has 228 valence electrons. The van der Waals surface area contributed by atoms with Crippen molar-refractivity contribution in [3.8, 4) is 0 Å². The van der Waals surface area contributed by atoms with Gasteiger partial charge in [-0.1, -0.05) is 26.0 Å². The minimum atomic E-state index is -0.971. The molecule has 0 aliphatic carbocycles. The summed E-state index contributed by atoms with van der Waals surface area (Å²) in [5.41, 5.74) is 6.30. The van der Waals surface area contributed by atoms with Crippen molar-refractivity contribution in [2.24, 2.45) is 11.7 Å². The second kappa shape index (κ2) is 19.2. The first-order chi connectivity index (χ1) is 19.4. The van der Waals surface area contributed by atoms with E-state index in [9.17, 15) is 28.8 Å². The maximum Gasteiger partial charge on any atom is 0.312 e. The van der Waals surface area contributed by atoms with Crippen molar-refractivity contribution in [2.45, 2.75) is 71.6 Å². The van der Waals surface area contributed by atoms with Crippen molar-refractivity contribution in [1.82, 2.24) is 21.3 Å². The van der Waals surface area contributed by atoms with Crippen molar-refractivity contribution in [2.75, 3.05) is 24.3 Å². The van der Waals surface area contributed by atoms with Gasteiger partial charge in [0.25, 0.3) is 0 Å². The molecule has 0 bridgehead atoms. The number of primary amides is 1. The normalized spacial score (nSPS) is 12.0. The van der Waals surface area contributed by atoms with Gasteiger partial charge >= 0.3 is 12.0 Å². The highest BCUT2D eigenvalue weighted by atomic mass is 35.5. The molecule has 14 heteroatoms. The van der Waals surface area contributed by atoms with Crippen LogP contribution < -0.4 is 32.3 Å². The van der Waals surface area contributed by atoms with Gasteiger partial charge in [0.15, 0.2) is 0 Å². The third kappa shape index (κ3) is 15.5. The topological polar surface area (TPSA) is 198 Å². The number of nitrogens with one attached hydrogen (secondary N) is 5. The standard InChI is InChI=1S/C27H41ClN6O7/c1-17(2)24(34-22(36)8-4-5-13-30-23(37)15-28)26(39)33-21(7-6-14-31-27(29)40)25(38)32-20-11-9-19(10-12-20)16-41-18(3)35/h9-12,17,21,24H,4-8,13-16H2,1-3H3,(H,30,37)(H,32,38)(H,33,39)(H,34,36)(H3,29,31,40)/t21-,24?/m0/s1. The number of amides is 6. The van der Waals surface area contributed by atoms with Crippen LogP contribution in [0.15, 0.2) is 24.3 Å². The van der Waals surface area contributed by atoms with E-state index in [1.165, 1.54) is 6.92 Å². The van der Waals surface area contributed by atoms with Gasteiger partial charge in [0.05, 0.1) is 0 Å². The van der Waals surface area contributed by atoms with Gasteiger partial charge in [-0.2, -0.15) is 0 Å². The lowest BCUT2D eigenvalue weighted by molar-refractivity contribution is -0.142. The van der Waals surface area contributed by atoms with Crippen LogP contribution in [-0.2, 0) is 35.3 Å². The molecule has 0 aliphatic rings. The zero-order valence-electron chi connectivity index (χ0n) is 23.7. The van der Waals surface area contributed by atoms with Crippen molar-refractivity contribution in [1.29, 1.82) is 0 Å². The maximum atomic E-state index is 13.2. The average molecular weight is 597 g/mol. The number of unbranched alkanes of at least 4 members (excludes halogenated alkanes) is 1. The van der Waals surface area contributed by atoms with Crippen molar-refractivity contribution in [3.05, 3.63) is 29.8 Å². The summed E-state index contributed by atoms with van der Waals surface area (Å²) < 4.78 is 4.95. The summed E-state index contributed by atoms with van der Waals surface area (Å²) in [5.74, 6) is -2.44. The predicted molar refractivity (Wildman–Crippen MR) is 154 cm³/mol. The first-order valence-electron chi connectivity index (χ1n) is 13.4. The number of benzene rings is 1. The number of nitrogens with two attached hydrogens (primary N) is 1. The Morgan fingerprint density at radius 1 is 0.878 bits per heavy atom. The summed E-state index contributed by atoms with van der Waals surface area (Å²) in [7, 11) is 0. The number of carbonyl (C=O) groups excluding carboxylic acids is 6. The fourth-order valence-corrected chi connectivity index (χ4v) is 3.71. The summed E-state index contributed by atoms with van der Waals surface area (Å²) in [5, 5.41) is 13.3. The molecule has 1 aromatic rings. The SMILES string of the molecule is CC(=O)OCc1ccc(NC(=O)[C@H](CCCNC(N)=O)NC(=O)C(NC(=O)CCCCNC(=O)CCl)C(C)C)cc1. The van der Waals surface area contributed by atoms with Gasteiger partial charge in [0.2, 0.25) is 23.6 Å². The third-order valence-electron chi connectivity index (χ3n) is 5.81. The van der Waals surface area contributed by atoms with E-state index >= 15 is 0 Å². The molecule has 7 N–H and O–H groups in total. The molecule has 1 aromatic carbocycles. The average Bonchev–Trinajstić information content (AvgIpc) is 2.92. The number of esters is 1. The summed E-state index contributed by atoms with van der Waals surface area (Å²) >= 11 is 5.43. The molecule has 13 nitrogen and oxygen atoms in total. The molecule has 41 heavy (non-hydrogen) atoms. The van der Waals surface area contributed by atoms with Gasteiger partial charge < -0.3 is 37.1 Å². The lowest BCUT2D eigenvalue weighted by atomic mass is 10.0. The van der Waals surface area contributed by atoms with Crippen LogP contribution in [0, 0.1) is 5.92 Å². The van der Waals surface area contributed by atoms with Gasteiger partial charge in [-0.25, -0.2) is 4.79 Å². The number of anilines is 1. The van der Waals surface area contributed by atoms with Crippen molar-refractivity contribution in [3.63, 3.8) is 0 Å². The van der Waals surface area contributed by atoms with Crippen molar-refractivity contribution >= 4 is 52.9 Å². The number of rotatable bonds is 18. The molecule has 6 amide bonds. The highest BCUT2D eigenvalue weighted by molar-refractivity contribution is 6.27. The Kier molecular flexibility index (Phi) is 16.5. The van der Waals surface area contributed by atoms with E-state index in [0.717, 1.165) is 5.56 Å². The summed E-state index contributed by atoms with van der Waals surface area (Å²) in [6.07, 6.45) is 1.76. The first-order valence-corrected chi connectivity index (χ1v) is 13.9. The molecular weight excluding hydrogens is 556 g/mol. The number of urea groups is 1. The molecule has 0 aliphatic heterocycles. The van der Waals surface area contributed by atoms with Crippen LogP contribution >= 0.6 is 11.6 Å². The van der Waals surface area contributed by atoms with Crippen LogP contribution in [0.4, 0.5) is 10.5 Å². The number of hydrogen-bond donors (Lipinski definition) is 6. The molecule has 0 spiro atoms. The Bertz CT molecular complexity index is 1040. The lowest BCUT2D eigenvalue weighted by Crippen LogP contribution is -2.54. The van der Waals surface area contributed by atoms with Crippen LogP contribution in [0.2, 0.25) is 0 Å². The molecule has 0 saturated carbocycles. The summed E-state index contributed by atoms with van der Waals surface area (Å²) in [6.45, 7) is 5.55. The maximum absolute atomic E-state index is 13.2. The summed E-state index contributed by atoms with van der Waals surface area (Å²) in [6, 6.07) is 4.11. The molecule has 0 radical (unpaired) electrons. The zero-order valence-corrected chi connectivity index (χ0v) is 24.5. The molecule has 0 saturated heterocycles. The second-order valence-corrected chi connectivity index (χ2v) is 9.96. The van der Waals surface area contributed by atoms with E-state index in [1.807, 2.05) is 0 Å². The Balaban J connectivity index is 2.81. The minimum absolute atomic E-state index is 0.0992. The van der Waals surface area contributed by atoms with Gasteiger partial charge in [-0.15, -0.1) is 11.6 Å². The first kappa shape index (κ1) is 35.2. The fourth-order valence-electron chi connectivity index (χ4n) is 3.61. The third-order valence-corrected chi connectivity index (χ3v) is 6.05. The van der Waals surface area contributed by atoms with Crippen LogP contribution in [-0.4, -0.2) is 66.7 Å².